The van der Waals surface area contributed by atoms with Crippen molar-refractivity contribution in [2.45, 2.75) is 37.8 Å². The summed E-state index contributed by atoms with van der Waals surface area (Å²) >= 11 is 0. The summed E-state index contributed by atoms with van der Waals surface area (Å²) in [6.07, 6.45) is 8.71. The van der Waals surface area contributed by atoms with Crippen molar-refractivity contribution in [3.05, 3.63) is 42.4 Å². The maximum Gasteiger partial charge on any atom is 0.256 e. The van der Waals surface area contributed by atoms with Crippen molar-refractivity contribution in [1.29, 1.82) is 0 Å². The molecule has 10 nitrogen and oxygen atoms in total. The highest BCUT2D eigenvalue weighted by Crippen LogP contribution is 2.31. The van der Waals surface area contributed by atoms with Crippen molar-refractivity contribution >= 4 is 28.6 Å². The molecule has 3 aromatic heterocycles. The Balaban J connectivity index is 1.22. The number of pyridine rings is 2. The van der Waals surface area contributed by atoms with E-state index in [1.165, 1.54) is 4.90 Å². The highest BCUT2D eigenvalue weighted by atomic mass is 16.5. The lowest BCUT2D eigenvalue weighted by Crippen LogP contribution is -2.37. The van der Waals surface area contributed by atoms with Gasteiger partial charge in [0.05, 0.1) is 29.7 Å². The molecular weight excluding hydrogens is 446 g/mol. The van der Waals surface area contributed by atoms with Crippen molar-refractivity contribution < 1.29 is 14.3 Å². The largest absolute Gasteiger partial charge is 0.474 e. The van der Waals surface area contributed by atoms with E-state index in [4.69, 9.17) is 14.5 Å². The highest BCUT2D eigenvalue weighted by molar-refractivity contribution is 5.93. The normalized spacial score (nSPS) is 20.5. The quantitative estimate of drug-likeness (QED) is 0.574. The topological polar surface area (TPSA) is 106 Å². The molecule has 1 saturated carbocycles. The van der Waals surface area contributed by atoms with E-state index in [1.807, 2.05) is 18.2 Å². The molecule has 1 aliphatic carbocycles. The molecule has 0 spiro atoms. The van der Waals surface area contributed by atoms with Gasteiger partial charge in [-0.3, -0.25) is 9.78 Å². The Kier molecular flexibility index (Phi) is 6.89. The number of carbonyl (C=O) groups is 1. The van der Waals surface area contributed by atoms with Crippen LogP contribution in [0.2, 0.25) is 0 Å². The minimum atomic E-state index is -0.108. The number of ether oxygens (including phenoxy) is 2. The number of morpholine rings is 1. The second-order valence-electron chi connectivity index (χ2n) is 9.19. The monoisotopic (exact) mass is 477 g/mol. The van der Waals surface area contributed by atoms with E-state index in [9.17, 15) is 4.79 Å². The third kappa shape index (κ3) is 5.43. The fraction of sp³-hybridized carbons (Fsp3) is 0.480. The fourth-order valence-electron chi connectivity index (χ4n) is 4.51. The van der Waals surface area contributed by atoms with Gasteiger partial charge < -0.3 is 24.6 Å². The summed E-state index contributed by atoms with van der Waals surface area (Å²) in [5.41, 5.74) is 1.37. The number of aromatic nitrogens is 4. The van der Waals surface area contributed by atoms with Crippen LogP contribution in [0.5, 0.6) is 5.88 Å². The maximum absolute atomic E-state index is 12.0. The summed E-state index contributed by atoms with van der Waals surface area (Å²) < 4.78 is 11.9. The summed E-state index contributed by atoms with van der Waals surface area (Å²) in [6.45, 7) is 3.03. The first kappa shape index (κ1) is 23.2. The van der Waals surface area contributed by atoms with E-state index in [1.54, 1.807) is 32.7 Å². The molecule has 2 aliphatic rings. The third-order valence-corrected chi connectivity index (χ3v) is 6.48. The molecule has 4 heterocycles. The molecule has 0 unspecified atom stereocenters. The lowest BCUT2D eigenvalue weighted by atomic mass is 9.93. The van der Waals surface area contributed by atoms with Crippen molar-refractivity contribution in [3.8, 4) is 5.88 Å². The van der Waals surface area contributed by atoms with Gasteiger partial charge in [0.15, 0.2) is 0 Å². The molecule has 0 radical (unpaired) electrons. The van der Waals surface area contributed by atoms with Crippen molar-refractivity contribution in [2.24, 2.45) is 0 Å². The van der Waals surface area contributed by atoms with Gasteiger partial charge in [-0.05, 0) is 37.8 Å². The zero-order valence-corrected chi connectivity index (χ0v) is 20.2. The zero-order chi connectivity index (χ0) is 24.2. The van der Waals surface area contributed by atoms with E-state index in [2.05, 4.69) is 25.2 Å². The number of rotatable bonds is 6. The smallest absolute Gasteiger partial charge is 0.256 e. The van der Waals surface area contributed by atoms with Crippen LogP contribution in [-0.2, 0) is 4.74 Å². The molecule has 184 valence electrons. The van der Waals surface area contributed by atoms with E-state index in [-0.39, 0.29) is 18.1 Å². The van der Waals surface area contributed by atoms with Crippen LogP contribution in [0.15, 0.2) is 36.8 Å². The second-order valence-corrected chi connectivity index (χ2v) is 9.19. The third-order valence-electron chi connectivity index (χ3n) is 6.48. The number of hydrogen-bond donors (Lipinski definition) is 1. The predicted octanol–water partition coefficient (Wildman–Crippen LogP) is 2.76. The number of amides is 1. The van der Waals surface area contributed by atoms with E-state index in [0.29, 0.717) is 30.6 Å². The molecule has 0 atom stereocenters. The summed E-state index contributed by atoms with van der Waals surface area (Å²) in [7, 11) is 3.42. The van der Waals surface area contributed by atoms with Gasteiger partial charge in [0.2, 0.25) is 11.8 Å². The molecular formula is C25H31N7O3. The first-order chi connectivity index (χ1) is 17.1. The van der Waals surface area contributed by atoms with Crippen LogP contribution in [0.3, 0.4) is 0 Å². The van der Waals surface area contributed by atoms with Gasteiger partial charge in [0, 0.05) is 57.9 Å². The number of carbonyl (C=O) groups excluding carboxylic acids is 1. The van der Waals surface area contributed by atoms with Crippen LogP contribution in [0.4, 0.5) is 11.8 Å². The molecule has 10 heteroatoms. The van der Waals surface area contributed by atoms with E-state index < -0.39 is 0 Å². The van der Waals surface area contributed by atoms with Crippen molar-refractivity contribution in [2.75, 3.05) is 50.6 Å². The van der Waals surface area contributed by atoms with E-state index in [0.717, 1.165) is 55.5 Å². The molecule has 0 aromatic carbocycles. The standard InChI is InChI=1S/C25H31N7O3/c1-31(2)24(33)17-15-27-25(28-16-17)29-18-5-7-19(8-6-18)35-23-20-4-3-9-26-21(20)14-22(30-23)32-10-12-34-13-11-32/h3-4,9,14-16,18-19H,5-8,10-13H2,1-2H3,(H,27,28,29). The number of nitrogens with one attached hydrogen (secondary N) is 1. The van der Waals surface area contributed by atoms with Gasteiger partial charge in [-0.2, -0.15) is 4.98 Å². The molecule has 3 aromatic rings. The highest BCUT2D eigenvalue weighted by Gasteiger charge is 2.25. The minimum Gasteiger partial charge on any atom is -0.474 e. The molecule has 1 aliphatic heterocycles. The Morgan fingerprint density at radius 3 is 2.57 bits per heavy atom. The number of nitrogens with zero attached hydrogens (tertiary/aromatic N) is 6. The molecule has 1 N–H and O–H groups in total. The Hall–Kier alpha value is -3.53. The molecule has 5 rings (SSSR count). The fourth-order valence-corrected chi connectivity index (χ4v) is 4.51. The van der Waals surface area contributed by atoms with Gasteiger partial charge in [0.25, 0.3) is 5.91 Å². The Morgan fingerprint density at radius 1 is 1.11 bits per heavy atom. The summed E-state index contributed by atoms with van der Waals surface area (Å²) in [5.74, 6) is 1.97. The predicted molar refractivity (Wildman–Crippen MR) is 133 cm³/mol. The van der Waals surface area contributed by atoms with E-state index >= 15 is 0 Å². The Morgan fingerprint density at radius 2 is 1.86 bits per heavy atom. The number of fused-ring (bicyclic) bond motifs is 1. The molecule has 0 bridgehead atoms. The van der Waals surface area contributed by atoms with Crippen LogP contribution >= 0.6 is 0 Å². The maximum atomic E-state index is 12.0. The van der Waals surface area contributed by atoms with Gasteiger partial charge >= 0.3 is 0 Å². The van der Waals surface area contributed by atoms with Crippen LogP contribution < -0.4 is 15.0 Å². The molecule has 1 amide bonds. The Bertz CT molecular complexity index is 1160. The number of anilines is 2. The SMILES string of the molecule is CN(C)C(=O)c1cnc(NC2CCC(Oc3nc(N4CCOCC4)cc4ncccc34)CC2)nc1. The first-order valence-corrected chi connectivity index (χ1v) is 12.1. The summed E-state index contributed by atoms with van der Waals surface area (Å²) in [6, 6.07) is 6.23. The van der Waals surface area contributed by atoms with Crippen LogP contribution in [0.25, 0.3) is 10.9 Å². The van der Waals surface area contributed by atoms with Gasteiger partial charge in [-0.25, -0.2) is 9.97 Å². The van der Waals surface area contributed by atoms with Gasteiger partial charge in [-0.15, -0.1) is 0 Å². The average molecular weight is 478 g/mol. The van der Waals surface area contributed by atoms with Crippen molar-refractivity contribution in [3.63, 3.8) is 0 Å². The molecule has 2 fully saturated rings. The Labute approximate surface area is 204 Å². The van der Waals surface area contributed by atoms with Gasteiger partial charge in [0.1, 0.15) is 11.9 Å². The summed E-state index contributed by atoms with van der Waals surface area (Å²) in [4.78, 5) is 33.8. The molecule has 35 heavy (non-hydrogen) atoms. The van der Waals surface area contributed by atoms with Crippen LogP contribution in [-0.4, -0.2) is 83.3 Å². The van der Waals surface area contributed by atoms with Crippen LogP contribution in [0.1, 0.15) is 36.0 Å². The van der Waals surface area contributed by atoms with Crippen molar-refractivity contribution in [1.82, 2.24) is 24.8 Å². The zero-order valence-electron chi connectivity index (χ0n) is 20.2. The second kappa shape index (κ2) is 10.4. The van der Waals surface area contributed by atoms with Crippen LogP contribution in [0, 0.1) is 0 Å². The average Bonchev–Trinajstić information content (AvgIpc) is 2.90. The lowest BCUT2D eigenvalue weighted by Gasteiger charge is -2.31. The molecule has 1 saturated heterocycles. The number of hydrogen-bond acceptors (Lipinski definition) is 9. The first-order valence-electron chi connectivity index (χ1n) is 12.1. The minimum absolute atomic E-state index is 0.0879. The summed E-state index contributed by atoms with van der Waals surface area (Å²) in [5, 5.41) is 4.33. The van der Waals surface area contributed by atoms with Gasteiger partial charge in [-0.1, -0.05) is 0 Å². The lowest BCUT2D eigenvalue weighted by molar-refractivity contribution is 0.0826.